The third-order valence-corrected chi connectivity index (χ3v) is 3.78. The van der Waals surface area contributed by atoms with Crippen LogP contribution in [-0.2, 0) is 9.53 Å². The number of fused-ring (bicyclic) bond motifs is 1. The minimum Gasteiger partial charge on any atom is -0.478 e. The Balaban J connectivity index is 2.33. The van der Waals surface area contributed by atoms with Crippen molar-refractivity contribution in [3.63, 3.8) is 0 Å². The smallest absolute Gasteiger partial charge is 0.419 e. The van der Waals surface area contributed by atoms with Gasteiger partial charge in [0.15, 0.2) is 6.10 Å². The Bertz CT molecular complexity index is 380. The molecule has 0 amide bonds. The second-order valence-electron chi connectivity index (χ2n) is 4.56. The summed E-state index contributed by atoms with van der Waals surface area (Å²) in [6.45, 7) is 0. The number of hydrogen-bond donors (Lipinski definition) is 1. The van der Waals surface area contributed by atoms with E-state index in [1.165, 1.54) is 6.08 Å². The number of aliphatic carboxylic acids is 1. The molecule has 2 rings (SSSR count). The molecule has 1 aliphatic carbocycles. The molecule has 3 nitrogen and oxygen atoms in total. The van der Waals surface area contributed by atoms with Crippen LogP contribution in [0.3, 0.4) is 0 Å². The van der Waals surface area contributed by atoms with Gasteiger partial charge >= 0.3 is 12.1 Å². The minimum atomic E-state index is -4.73. The third-order valence-electron chi connectivity index (χ3n) is 3.31. The molecule has 0 saturated heterocycles. The molecule has 0 bridgehead atoms. The van der Waals surface area contributed by atoms with E-state index in [-0.39, 0.29) is 5.92 Å². The predicted octanol–water partition coefficient (Wildman–Crippen LogP) is 2.73. The molecule has 0 aromatic rings. The molecule has 1 saturated carbocycles. The monoisotopic (exact) mass is 284 g/mol. The third kappa shape index (κ3) is 2.49. The molecule has 1 fully saturated rings. The number of alkyl halides is 4. The second-order valence-corrected chi connectivity index (χ2v) is 5.12. The number of ether oxygens (including phenoxy) is 1. The lowest BCUT2D eigenvalue weighted by molar-refractivity contribution is -0.231. The van der Waals surface area contributed by atoms with Crippen LogP contribution in [0.1, 0.15) is 19.3 Å². The van der Waals surface area contributed by atoms with Gasteiger partial charge in [-0.1, -0.05) is 12.5 Å². The first-order valence-electron chi connectivity index (χ1n) is 5.62. The Kier molecular flexibility index (Phi) is 3.60. The second kappa shape index (κ2) is 4.74. The normalized spacial score (nSPS) is 36.8. The lowest BCUT2D eigenvalue weighted by Gasteiger charge is -2.40. The first-order valence-corrected chi connectivity index (χ1v) is 6.05. The summed E-state index contributed by atoms with van der Waals surface area (Å²) in [4.78, 5) is 10.9. The van der Waals surface area contributed by atoms with Gasteiger partial charge in [-0.25, -0.2) is 4.79 Å². The maximum absolute atomic E-state index is 12.8. The fourth-order valence-electron chi connectivity index (χ4n) is 2.50. The Hall–Kier alpha value is -0.750. The molecule has 0 aromatic carbocycles. The van der Waals surface area contributed by atoms with Gasteiger partial charge in [-0.3, -0.25) is 0 Å². The molecule has 4 unspecified atom stereocenters. The van der Waals surface area contributed by atoms with Gasteiger partial charge in [0, 0.05) is 5.92 Å². The number of carboxylic acids is 1. The Morgan fingerprint density at radius 1 is 1.44 bits per heavy atom. The van der Waals surface area contributed by atoms with Crippen LogP contribution in [0.5, 0.6) is 0 Å². The van der Waals surface area contributed by atoms with Gasteiger partial charge in [-0.05, 0) is 12.8 Å². The summed E-state index contributed by atoms with van der Waals surface area (Å²) in [5, 5.41) is 8.35. The largest absolute Gasteiger partial charge is 0.478 e. The summed E-state index contributed by atoms with van der Waals surface area (Å²) in [5.41, 5.74) is -0.727. The van der Waals surface area contributed by atoms with Gasteiger partial charge in [0.1, 0.15) is 0 Å². The maximum Gasteiger partial charge on any atom is 0.419 e. The molecule has 1 N–H and O–H groups in total. The van der Waals surface area contributed by atoms with Crippen LogP contribution in [-0.4, -0.2) is 34.8 Å². The summed E-state index contributed by atoms with van der Waals surface area (Å²) < 4.78 is 43.2. The quantitative estimate of drug-likeness (QED) is 0.753. The first-order chi connectivity index (χ1) is 8.30. The zero-order chi connectivity index (χ0) is 13.5. The average Bonchev–Trinajstić information content (AvgIpc) is 2.26. The molecular weight excluding hydrogens is 273 g/mol. The van der Waals surface area contributed by atoms with Crippen molar-refractivity contribution in [2.24, 2.45) is 5.92 Å². The van der Waals surface area contributed by atoms with Crippen LogP contribution < -0.4 is 0 Å². The number of carboxylic acid groups (broad SMARTS) is 1. The molecule has 102 valence electrons. The van der Waals surface area contributed by atoms with Gasteiger partial charge in [-0.2, -0.15) is 13.2 Å². The lowest BCUT2D eigenvalue weighted by atomic mass is 9.82. The summed E-state index contributed by atoms with van der Waals surface area (Å²) in [6.07, 6.45) is -4.74. The molecule has 0 spiro atoms. The molecule has 4 atom stereocenters. The van der Waals surface area contributed by atoms with Crippen molar-refractivity contribution in [3.05, 3.63) is 11.6 Å². The Morgan fingerprint density at radius 2 is 2.11 bits per heavy atom. The van der Waals surface area contributed by atoms with Gasteiger partial charge in [-0.15, -0.1) is 11.6 Å². The Morgan fingerprint density at radius 3 is 2.67 bits per heavy atom. The fraction of sp³-hybridized carbons (Fsp3) is 0.727. The SMILES string of the molecule is O=C(O)C1=CC2CCCC(Cl)C2OC1C(F)(F)F. The van der Waals surface area contributed by atoms with Crippen molar-refractivity contribution in [1.82, 2.24) is 0 Å². The molecule has 7 heteroatoms. The zero-order valence-corrected chi connectivity index (χ0v) is 10.0. The molecule has 0 aromatic heterocycles. The number of carbonyl (C=O) groups is 1. The van der Waals surface area contributed by atoms with E-state index in [2.05, 4.69) is 0 Å². The highest BCUT2D eigenvalue weighted by Gasteiger charge is 2.51. The lowest BCUT2D eigenvalue weighted by Crippen LogP contribution is -2.49. The molecule has 1 aliphatic heterocycles. The molecule has 2 aliphatic rings. The topological polar surface area (TPSA) is 46.5 Å². The summed E-state index contributed by atoms with van der Waals surface area (Å²) in [6, 6.07) is 0. The van der Waals surface area contributed by atoms with Crippen LogP contribution in [0.4, 0.5) is 13.2 Å². The van der Waals surface area contributed by atoms with Gasteiger partial charge in [0.2, 0.25) is 0 Å². The van der Waals surface area contributed by atoms with Crippen molar-refractivity contribution in [2.45, 2.75) is 43.0 Å². The van der Waals surface area contributed by atoms with E-state index in [1.54, 1.807) is 0 Å². The number of hydrogen-bond acceptors (Lipinski definition) is 2. The maximum atomic E-state index is 12.8. The van der Waals surface area contributed by atoms with Gasteiger partial charge in [0.25, 0.3) is 0 Å². The summed E-state index contributed by atoms with van der Waals surface area (Å²) in [7, 11) is 0. The van der Waals surface area contributed by atoms with E-state index in [4.69, 9.17) is 21.4 Å². The van der Waals surface area contributed by atoms with E-state index in [0.29, 0.717) is 12.8 Å². The van der Waals surface area contributed by atoms with E-state index < -0.39 is 35.3 Å². The Labute approximate surface area is 107 Å². The molecule has 18 heavy (non-hydrogen) atoms. The van der Waals surface area contributed by atoms with Crippen molar-refractivity contribution in [1.29, 1.82) is 0 Å². The molecule has 0 radical (unpaired) electrons. The van der Waals surface area contributed by atoms with E-state index >= 15 is 0 Å². The van der Waals surface area contributed by atoms with E-state index in [9.17, 15) is 18.0 Å². The standard InChI is InChI=1S/C11H12ClF3O3/c12-7-3-1-2-5-4-6(10(16)17)9(11(13,14)15)18-8(5)7/h4-5,7-9H,1-3H2,(H,16,17). The summed E-state index contributed by atoms with van der Waals surface area (Å²) in [5.74, 6) is -1.93. The fourth-order valence-corrected chi connectivity index (χ4v) is 2.90. The van der Waals surface area contributed by atoms with Crippen molar-refractivity contribution < 1.29 is 27.8 Å². The number of rotatable bonds is 1. The van der Waals surface area contributed by atoms with Crippen LogP contribution >= 0.6 is 11.6 Å². The van der Waals surface area contributed by atoms with Gasteiger partial charge < -0.3 is 9.84 Å². The van der Waals surface area contributed by atoms with E-state index in [0.717, 1.165) is 6.42 Å². The highest BCUT2D eigenvalue weighted by atomic mass is 35.5. The minimum absolute atomic E-state index is 0.342. The summed E-state index contributed by atoms with van der Waals surface area (Å²) >= 11 is 5.96. The highest BCUT2D eigenvalue weighted by molar-refractivity contribution is 6.21. The first kappa shape index (κ1) is 13.7. The highest BCUT2D eigenvalue weighted by Crippen LogP contribution is 2.41. The van der Waals surface area contributed by atoms with Crippen molar-refractivity contribution in [2.75, 3.05) is 0 Å². The molecular formula is C11H12ClF3O3. The average molecular weight is 285 g/mol. The van der Waals surface area contributed by atoms with Crippen LogP contribution in [0.25, 0.3) is 0 Å². The molecule has 1 heterocycles. The van der Waals surface area contributed by atoms with Crippen LogP contribution in [0.2, 0.25) is 0 Å². The van der Waals surface area contributed by atoms with Crippen LogP contribution in [0, 0.1) is 5.92 Å². The van der Waals surface area contributed by atoms with Crippen molar-refractivity contribution >= 4 is 17.6 Å². The van der Waals surface area contributed by atoms with Crippen LogP contribution in [0.15, 0.2) is 11.6 Å². The number of halogens is 4. The zero-order valence-electron chi connectivity index (χ0n) is 9.28. The van der Waals surface area contributed by atoms with Crippen molar-refractivity contribution in [3.8, 4) is 0 Å². The van der Waals surface area contributed by atoms with Gasteiger partial charge in [0.05, 0.1) is 17.1 Å². The predicted molar refractivity (Wildman–Crippen MR) is 57.4 cm³/mol. The van der Waals surface area contributed by atoms with E-state index in [1.807, 2.05) is 0 Å².